The Hall–Kier alpha value is -0.500. The molecule has 0 aliphatic rings. The van der Waals surface area contributed by atoms with Crippen molar-refractivity contribution in [1.29, 1.82) is 0 Å². The standard InChI is InChI=1S/C8H5ClF2INO2/c1-15-6-3(12)2-4(8(10)11)13-5(6)7(9)14/h2,8H,1H3. The molecule has 0 spiro atoms. The second-order valence-corrected chi connectivity index (χ2v) is 3.99. The smallest absolute Gasteiger partial charge is 0.280 e. The molecule has 0 unspecified atom stereocenters. The Morgan fingerprint density at radius 1 is 1.67 bits per heavy atom. The molecular weight excluding hydrogens is 342 g/mol. The number of carbonyl (C=O) groups excluding carboxylic acids is 1. The van der Waals surface area contributed by atoms with Crippen molar-refractivity contribution in [2.45, 2.75) is 6.43 Å². The van der Waals surface area contributed by atoms with E-state index in [0.29, 0.717) is 3.57 Å². The molecule has 0 bridgehead atoms. The van der Waals surface area contributed by atoms with Gasteiger partial charge in [-0.15, -0.1) is 0 Å². The van der Waals surface area contributed by atoms with E-state index in [2.05, 4.69) is 4.98 Å². The van der Waals surface area contributed by atoms with Gasteiger partial charge < -0.3 is 4.74 Å². The molecule has 1 aromatic heterocycles. The third kappa shape index (κ3) is 2.75. The minimum atomic E-state index is -2.75. The molecule has 0 aliphatic carbocycles. The maximum Gasteiger partial charge on any atom is 0.280 e. The normalized spacial score (nSPS) is 10.5. The van der Waals surface area contributed by atoms with Crippen LogP contribution in [0.3, 0.4) is 0 Å². The number of nitrogens with zero attached hydrogens (tertiary/aromatic N) is 1. The maximum absolute atomic E-state index is 12.4. The van der Waals surface area contributed by atoms with Crippen LogP contribution in [0.1, 0.15) is 22.6 Å². The molecule has 82 valence electrons. The lowest BCUT2D eigenvalue weighted by Crippen LogP contribution is -2.05. The SMILES string of the molecule is COc1c(I)cc(C(F)F)nc1C(=O)Cl. The number of ether oxygens (including phenoxy) is 1. The predicted octanol–water partition coefficient (Wildman–Crippen LogP) is 3.01. The number of halogens is 4. The molecule has 0 amide bonds. The van der Waals surface area contributed by atoms with Gasteiger partial charge in [-0.2, -0.15) is 0 Å². The monoisotopic (exact) mass is 347 g/mol. The van der Waals surface area contributed by atoms with E-state index in [9.17, 15) is 13.6 Å². The van der Waals surface area contributed by atoms with Crippen LogP contribution in [0.4, 0.5) is 8.78 Å². The third-order valence-electron chi connectivity index (χ3n) is 1.56. The quantitative estimate of drug-likeness (QED) is 0.623. The number of pyridine rings is 1. The van der Waals surface area contributed by atoms with Gasteiger partial charge in [-0.25, -0.2) is 13.8 Å². The number of rotatable bonds is 3. The van der Waals surface area contributed by atoms with Gasteiger partial charge in [-0.05, 0) is 40.3 Å². The number of methoxy groups -OCH3 is 1. The van der Waals surface area contributed by atoms with E-state index in [0.717, 1.165) is 6.07 Å². The summed E-state index contributed by atoms with van der Waals surface area (Å²) in [5.74, 6) is 0.111. The van der Waals surface area contributed by atoms with Crippen molar-refractivity contribution >= 4 is 39.4 Å². The average molecular weight is 347 g/mol. The Morgan fingerprint density at radius 3 is 2.67 bits per heavy atom. The van der Waals surface area contributed by atoms with Gasteiger partial charge in [0.2, 0.25) is 0 Å². The van der Waals surface area contributed by atoms with Gasteiger partial charge in [0, 0.05) is 0 Å². The van der Waals surface area contributed by atoms with Crippen molar-refractivity contribution in [3.63, 3.8) is 0 Å². The molecule has 0 saturated heterocycles. The van der Waals surface area contributed by atoms with E-state index in [1.165, 1.54) is 7.11 Å². The van der Waals surface area contributed by atoms with Crippen LogP contribution in [0.25, 0.3) is 0 Å². The largest absolute Gasteiger partial charge is 0.493 e. The number of carbonyl (C=O) groups is 1. The molecule has 0 radical (unpaired) electrons. The summed E-state index contributed by atoms with van der Waals surface area (Å²) < 4.78 is 29.9. The number of hydrogen-bond donors (Lipinski definition) is 0. The Labute approximate surface area is 103 Å². The maximum atomic E-state index is 12.4. The Kier molecular flexibility index (Phi) is 4.21. The molecule has 1 rings (SSSR count). The molecule has 0 fully saturated rings. The van der Waals surface area contributed by atoms with Crippen molar-refractivity contribution in [2.24, 2.45) is 0 Å². The Morgan fingerprint density at radius 2 is 2.27 bits per heavy atom. The second-order valence-electron chi connectivity index (χ2n) is 2.49. The van der Waals surface area contributed by atoms with E-state index in [1.807, 2.05) is 0 Å². The summed E-state index contributed by atoms with van der Waals surface area (Å²) in [6.45, 7) is 0. The van der Waals surface area contributed by atoms with Crippen LogP contribution in [0.15, 0.2) is 6.07 Å². The first kappa shape index (κ1) is 12.6. The van der Waals surface area contributed by atoms with Gasteiger partial charge >= 0.3 is 0 Å². The lowest BCUT2D eigenvalue weighted by Gasteiger charge is -2.08. The van der Waals surface area contributed by atoms with Gasteiger partial charge in [-0.3, -0.25) is 4.79 Å². The molecule has 1 aromatic rings. The highest BCUT2D eigenvalue weighted by atomic mass is 127. The van der Waals surface area contributed by atoms with Crippen LogP contribution >= 0.6 is 34.2 Å². The zero-order valence-corrected chi connectivity index (χ0v) is 10.3. The van der Waals surface area contributed by atoms with Crippen molar-refractivity contribution < 1.29 is 18.3 Å². The van der Waals surface area contributed by atoms with E-state index < -0.39 is 17.4 Å². The van der Waals surface area contributed by atoms with Crippen LogP contribution in [-0.4, -0.2) is 17.3 Å². The first-order valence-corrected chi connectivity index (χ1v) is 5.15. The average Bonchev–Trinajstić information content (AvgIpc) is 2.16. The Balaban J connectivity index is 3.38. The summed E-state index contributed by atoms with van der Waals surface area (Å²) >= 11 is 6.98. The van der Waals surface area contributed by atoms with Crippen molar-refractivity contribution in [3.8, 4) is 5.75 Å². The van der Waals surface area contributed by atoms with Crippen LogP contribution in [0.5, 0.6) is 5.75 Å². The summed E-state index contributed by atoms with van der Waals surface area (Å²) in [5, 5.41) is -0.924. The fourth-order valence-electron chi connectivity index (χ4n) is 0.960. The van der Waals surface area contributed by atoms with Crippen LogP contribution in [0.2, 0.25) is 0 Å². The van der Waals surface area contributed by atoms with Crippen LogP contribution < -0.4 is 4.74 Å². The molecule has 0 aliphatic heterocycles. The first-order chi connectivity index (χ1) is 6.97. The fraction of sp³-hybridized carbons (Fsp3) is 0.250. The highest BCUT2D eigenvalue weighted by molar-refractivity contribution is 14.1. The van der Waals surface area contributed by atoms with Gasteiger partial charge in [0.05, 0.1) is 10.7 Å². The summed E-state index contributed by atoms with van der Waals surface area (Å²) in [5.41, 5.74) is -0.787. The fourth-order valence-corrected chi connectivity index (χ4v) is 1.88. The van der Waals surface area contributed by atoms with E-state index in [-0.39, 0.29) is 11.4 Å². The number of hydrogen-bond acceptors (Lipinski definition) is 3. The first-order valence-electron chi connectivity index (χ1n) is 3.69. The highest BCUT2D eigenvalue weighted by Gasteiger charge is 2.20. The molecular formula is C8H5ClF2INO2. The van der Waals surface area contributed by atoms with E-state index >= 15 is 0 Å². The molecule has 0 atom stereocenters. The molecule has 0 N–H and O–H groups in total. The van der Waals surface area contributed by atoms with Crippen molar-refractivity contribution in [3.05, 3.63) is 21.0 Å². The van der Waals surface area contributed by atoms with Gasteiger partial charge in [-0.1, -0.05) is 0 Å². The van der Waals surface area contributed by atoms with Crippen LogP contribution in [0, 0.1) is 3.57 Å². The lowest BCUT2D eigenvalue weighted by molar-refractivity contribution is 0.107. The summed E-state index contributed by atoms with van der Waals surface area (Å²) in [6, 6.07) is 1.15. The molecule has 0 aromatic carbocycles. The third-order valence-corrected chi connectivity index (χ3v) is 2.54. The molecule has 15 heavy (non-hydrogen) atoms. The van der Waals surface area contributed by atoms with Gasteiger partial charge in [0.1, 0.15) is 5.69 Å². The molecule has 3 nitrogen and oxygen atoms in total. The minimum Gasteiger partial charge on any atom is -0.493 e. The predicted molar refractivity (Wildman–Crippen MR) is 58.6 cm³/mol. The summed E-state index contributed by atoms with van der Waals surface area (Å²) in [6.07, 6.45) is -2.75. The van der Waals surface area contributed by atoms with Gasteiger partial charge in [0.25, 0.3) is 11.7 Å². The summed E-state index contributed by atoms with van der Waals surface area (Å²) in [4.78, 5) is 14.4. The van der Waals surface area contributed by atoms with Crippen molar-refractivity contribution in [2.75, 3.05) is 7.11 Å². The molecule has 7 heteroatoms. The highest BCUT2D eigenvalue weighted by Crippen LogP contribution is 2.29. The minimum absolute atomic E-state index is 0.111. The topological polar surface area (TPSA) is 39.2 Å². The Bertz CT molecular complexity index is 400. The van der Waals surface area contributed by atoms with E-state index in [4.69, 9.17) is 16.3 Å². The zero-order valence-electron chi connectivity index (χ0n) is 7.43. The number of alkyl halides is 2. The zero-order chi connectivity index (χ0) is 11.6. The second kappa shape index (κ2) is 5.02. The van der Waals surface area contributed by atoms with E-state index in [1.54, 1.807) is 22.6 Å². The number of aromatic nitrogens is 1. The molecule has 0 saturated carbocycles. The van der Waals surface area contributed by atoms with Crippen LogP contribution in [-0.2, 0) is 0 Å². The van der Waals surface area contributed by atoms with Gasteiger partial charge in [0.15, 0.2) is 11.4 Å². The molecule has 1 heterocycles. The summed E-state index contributed by atoms with van der Waals surface area (Å²) in [7, 11) is 1.31. The van der Waals surface area contributed by atoms with Crippen molar-refractivity contribution in [1.82, 2.24) is 4.98 Å². The lowest BCUT2D eigenvalue weighted by atomic mass is 10.3.